The molecule has 0 amide bonds. The maximum absolute atomic E-state index is 12.2. The van der Waals surface area contributed by atoms with Crippen LogP contribution in [0.1, 0.15) is 34.3 Å². The topological polar surface area (TPSA) is 17.1 Å². The summed E-state index contributed by atoms with van der Waals surface area (Å²) in [6, 6.07) is 18.3. The molecule has 17 heavy (non-hydrogen) atoms. The van der Waals surface area contributed by atoms with Crippen LogP contribution in [0.4, 0.5) is 0 Å². The van der Waals surface area contributed by atoms with Gasteiger partial charge in [0.05, 0.1) is 0 Å². The molecule has 0 radical (unpaired) electrons. The van der Waals surface area contributed by atoms with Crippen LogP contribution in [0.5, 0.6) is 0 Å². The molecule has 1 heteroatoms. The van der Waals surface area contributed by atoms with Gasteiger partial charge in [-0.1, -0.05) is 61.5 Å². The first-order valence-corrected chi connectivity index (χ1v) is 5.97. The molecule has 1 aliphatic carbocycles. The van der Waals surface area contributed by atoms with Crippen LogP contribution in [-0.4, -0.2) is 5.78 Å². The maximum Gasteiger partial charge on any atom is 0.166 e. The highest BCUT2D eigenvalue weighted by molar-refractivity contribution is 6.03. The van der Waals surface area contributed by atoms with Gasteiger partial charge in [0.1, 0.15) is 0 Å². The van der Waals surface area contributed by atoms with Gasteiger partial charge in [0.2, 0.25) is 0 Å². The summed E-state index contributed by atoms with van der Waals surface area (Å²) < 4.78 is 0. The van der Waals surface area contributed by atoms with Gasteiger partial charge in [-0.25, -0.2) is 0 Å². The molecule has 2 unspecified atom stereocenters. The van der Waals surface area contributed by atoms with E-state index in [9.17, 15) is 4.79 Å². The Hall–Kier alpha value is -1.89. The highest BCUT2D eigenvalue weighted by Gasteiger charge is 2.36. The Kier molecular flexibility index (Phi) is 2.32. The largest absolute Gasteiger partial charge is 0.294 e. The van der Waals surface area contributed by atoms with Crippen molar-refractivity contribution < 1.29 is 4.79 Å². The predicted octanol–water partition coefficient (Wildman–Crippen LogP) is 3.65. The number of rotatable bonds is 1. The smallest absolute Gasteiger partial charge is 0.166 e. The fourth-order valence-electron chi connectivity index (χ4n) is 2.79. The molecule has 0 saturated heterocycles. The summed E-state index contributed by atoms with van der Waals surface area (Å²) in [7, 11) is 0. The summed E-state index contributed by atoms with van der Waals surface area (Å²) in [4.78, 5) is 12.2. The predicted molar refractivity (Wildman–Crippen MR) is 68.2 cm³/mol. The van der Waals surface area contributed by atoms with Crippen LogP contribution in [0, 0.1) is 5.92 Å². The second kappa shape index (κ2) is 3.85. The van der Waals surface area contributed by atoms with Crippen molar-refractivity contribution >= 4 is 5.78 Å². The molecule has 2 aromatic rings. The lowest BCUT2D eigenvalue weighted by molar-refractivity contribution is 0.0939. The molecule has 84 valence electrons. The van der Waals surface area contributed by atoms with E-state index in [1.54, 1.807) is 0 Å². The lowest BCUT2D eigenvalue weighted by atomic mass is 9.87. The molecule has 1 nitrogen and oxygen atoms in total. The molecule has 0 saturated carbocycles. The van der Waals surface area contributed by atoms with Crippen molar-refractivity contribution in [2.75, 3.05) is 0 Å². The number of hydrogen-bond acceptors (Lipinski definition) is 1. The van der Waals surface area contributed by atoms with Crippen molar-refractivity contribution in [3.05, 3.63) is 71.3 Å². The SMILES string of the molecule is CC1C(=O)c2ccccc2C1c1ccccc1. The number of ketones is 1. The van der Waals surface area contributed by atoms with Gasteiger partial charge in [-0.2, -0.15) is 0 Å². The van der Waals surface area contributed by atoms with E-state index in [0.717, 1.165) is 5.56 Å². The van der Waals surface area contributed by atoms with Gasteiger partial charge in [0.25, 0.3) is 0 Å². The number of Topliss-reactive ketones (excluding diaryl/α,β-unsaturated/α-hetero) is 1. The second-order valence-corrected chi connectivity index (χ2v) is 4.63. The Labute approximate surface area is 101 Å². The first-order chi connectivity index (χ1) is 8.29. The minimum absolute atomic E-state index is 0.0507. The molecule has 0 N–H and O–H groups in total. The van der Waals surface area contributed by atoms with Crippen LogP contribution < -0.4 is 0 Å². The molecule has 0 aromatic heterocycles. The van der Waals surface area contributed by atoms with Crippen molar-refractivity contribution in [3.8, 4) is 0 Å². The number of carbonyl (C=O) groups is 1. The van der Waals surface area contributed by atoms with Crippen LogP contribution in [0.15, 0.2) is 54.6 Å². The zero-order valence-electron chi connectivity index (χ0n) is 9.76. The maximum atomic E-state index is 12.2. The van der Waals surface area contributed by atoms with Crippen LogP contribution in [0.2, 0.25) is 0 Å². The highest BCUT2D eigenvalue weighted by atomic mass is 16.1. The van der Waals surface area contributed by atoms with Gasteiger partial charge in [-0.05, 0) is 11.1 Å². The van der Waals surface area contributed by atoms with Crippen molar-refractivity contribution in [2.24, 2.45) is 5.92 Å². The molecule has 0 bridgehead atoms. The number of fused-ring (bicyclic) bond motifs is 1. The van der Waals surface area contributed by atoms with Gasteiger partial charge in [0, 0.05) is 17.4 Å². The molecular formula is C16H14O. The average Bonchev–Trinajstić information content (AvgIpc) is 2.64. The fraction of sp³-hybridized carbons (Fsp3) is 0.188. The van der Waals surface area contributed by atoms with E-state index in [-0.39, 0.29) is 17.6 Å². The number of benzene rings is 2. The second-order valence-electron chi connectivity index (χ2n) is 4.63. The molecule has 2 atom stereocenters. The van der Waals surface area contributed by atoms with Crippen molar-refractivity contribution in [2.45, 2.75) is 12.8 Å². The van der Waals surface area contributed by atoms with Gasteiger partial charge in [-0.15, -0.1) is 0 Å². The van der Waals surface area contributed by atoms with Gasteiger partial charge >= 0.3 is 0 Å². The van der Waals surface area contributed by atoms with E-state index in [2.05, 4.69) is 18.2 Å². The number of hydrogen-bond donors (Lipinski definition) is 0. The molecule has 0 fully saturated rings. The zero-order chi connectivity index (χ0) is 11.8. The lowest BCUT2D eigenvalue weighted by Gasteiger charge is -2.15. The van der Waals surface area contributed by atoms with Gasteiger partial charge in [0.15, 0.2) is 5.78 Å². The summed E-state index contributed by atoms with van der Waals surface area (Å²) >= 11 is 0. The Bertz CT molecular complexity index is 557. The quantitative estimate of drug-likeness (QED) is 0.719. The standard InChI is InChI=1S/C16H14O/c1-11-15(12-7-3-2-4-8-12)13-9-5-6-10-14(13)16(11)17/h2-11,15H,1H3. The molecule has 2 aromatic carbocycles. The molecule has 1 aliphatic rings. The third-order valence-electron chi connectivity index (χ3n) is 3.63. The van der Waals surface area contributed by atoms with Crippen LogP contribution in [0.3, 0.4) is 0 Å². The van der Waals surface area contributed by atoms with E-state index >= 15 is 0 Å². The Morgan fingerprint density at radius 2 is 1.53 bits per heavy atom. The van der Waals surface area contributed by atoms with E-state index < -0.39 is 0 Å². The fourth-order valence-corrected chi connectivity index (χ4v) is 2.79. The van der Waals surface area contributed by atoms with Crippen LogP contribution in [-0.2, 0) is 0 Å². The van der Waals surface area contributed by atoms with Gasteiger partial charge < -0.3 is 0 Å². The number of carbonyl (C=O) groups excluding carboxylic acids is 1. The Morgan fingerprint density at radius 1 is 0.882 bits per heavy atom. The van der Waals surface area contributed by atoms with Gasteiger partial charge in [-0.3, -0.25) is 4.79 Å². The minimum Gasteiger partial charge on any atom is -0.294 e. The monoisotopic (exact) mass is 222 g/mol. The average molecular weight is 222 g/mol. The lowest BCUT2D eigenvalue weighted by Crippen LogP contribution is -2.10. The molecule has 0 aliphatic heterocycles. The molecule has 0 heterocycles. The summed E-state index contributed by atoms with van der Waals surface area (Å²) in [6.07, 6.45) is 0. The van der Waals surface area contributed by atoms with E-state index in [4.69, 9.17) is 0 Å². The molecule has 0 spiro atoms. The van der Waals surface area contributed by atoms with Crippen LogP contribution in [0.25, 0.3) is 0 Å². The first-order valence-electron chi connectivity index (χ1n) is 5.97. The summed E-state index contributed by atoms with van der Waals surface area (Å²) in [5.41, 5.74) is 3.31. The van der Waals surface area contributed by atoms with Crippen molar-refractivity contribution in [1.82, 2.24) is 0 Å². The highest BCUT2D eigenvalue weighted by Crippen LogP contribution is 2.41. The van der Waals surface area contributed by atoms with E-state index in [1.165, 1.54) is 11.1 Å². The normalized spacial score (nSPS) is 22.5. The molecular weight excluding hydrogens is 208 g/mol. The summed E-state index contributed by atoms with van der Waals surface area (Å²) in [5.74, 6) is 0.546. The third-order valence-corrected chi connectivity index (χ3v) is 3.63. The van der Waals surface area contributed by atoms with E-state index in [0.29, 0.717) is 0 Å². The first kappa shape index (κ1) is 10.3. The Morgan fingerprint density at radius 3 is 2.29 bits per heavy atom. The Balaban J connectivity index is 2.16. The summed E-state index contributed by atoms with van der Waals surface area (Å²) in [5, 5.41) is 0. The zero-order valence-corrected chi connectivity index (χ0v) is 9.76. The summed E-state index contributed by atoms with van der Waals surface area (Å²) in [6.45, 7) is 2.03. The van der Waals surface area contributed by atoms with Crippen molar-refractivity contribution in [1.29, 1.82) is 0 Å². The van der Waals surface area contributed by atoms with Crippen LogP contribution >= 0.6 is 0 Å². The minimum atomic E-state index is 0.0507. The third kappa shape index (κ3) is 1.50. The van der Waals surface area contributed by atoms with E-state index in [1.807, 2.05) is 43.3 Å². The molecule has 3 rings (SSSR count). The van der Waals surface area contributed by atoms with Crippen molar-refractivity contribution in [3.63, 3.8) is 0 Å².